The predicted octanol–water partition coefficient (Wildman–Crippen LogP) is 2.57. The maximum absolute atomic E-state index is 13.4. The number of hydrogen-bond donors (Lipinski definition) is 1. The first-order chi connectivity index (χ1) is 11.9. The summed E-state index contributed by atoms with van der Waals surface area (Å²) in [7, 11) is 0. The van der Waals surface area contributed by atoms with Gasteiger partial charge in [-0.3, -0.25) is 19.3 Å². The molecule has 0 spiro atoms. The molecule has 1 aliphatic rings. The average molecular weight is 343 g/mol. The fourth-order valence-corrected chi connectivity index (χ4v) is 2.59. The molecule has 0 saturated heterocycles. The molecule has 5 nitrogen and oxygen atoms in total. The molecule has 0 aromatic heterocycles. The summed E-state index contributed by atoms with van der Waals surface area (Å²) in [6.07, 6.45) is 1.30. The lowest BCUT2D eigenvalue weighted by Crippen LogP contribution is -2.44. The minimum Gasteiger partial charge on any atom is -0.480 e. The van der Waals surface area contributed by atoms with Crippen LogP contribution >= 0.6 is 0 Å². The second kappa shape index (κ2) is 6.27. The minimum absolute atomic E-state index is 0.0301. The third-order valence-electron chi connectivity index (χ3n) is 3.72. The van der Waals surface area contributed by atoms with E-state index in [9.17, 15) is 23.2 Å². The summed E-state index contributed by atoms with van der Waals surface area (Å²) in [5.74, 6) is -4.97. The van der Waals surface area contributed by atoms with Gasteiger partial charge in [-0.15, -0.1) is 0 Å². The van der Waals surface area contributed by atoms with Gasteiger partial charge in [-0.2, -0.15) is 0 Å². The van der Waals surface area contributed by atoms with Gasteiger partial charge in [0.2, 0.25) is 0 Å². The zero-order valence-corrected chi connectivity index (χ0v) is 12.7. The standard InChI is InChI=1S/C18H11F2NO4/c19-14-6-5-10(8-15(14)20)7-13-11-3-1-2-4-12(11)17(24)21(18(13)25)9-16(22)23/h1-8H,9H2,(H,22,23). The third-order valence-corrected chi connectivity index (χ3v) is 3.72. The number of carboxylic acids is 1. The first-order valence-electron chi connectivity index (χ1n) is 7.22. The molecule has 2 aromatic rings. The summed E-state index contributed by atoms with van der Waals surface area (Å²) in [6.45, 7) is -0.791. The number of amides is 2. The van der Waals surface area contributed by atoms with E-state index in [1.165, 1.54) is 24.3 Å². The average Bonchev–Trinajstić information content (AvgIpc) is 2.58. The van der Waals surface area contributed by atoms with Gasteiger partial charge in [0.1, 0.15) is 6.54 Å². The number of carbonyl (C=O) groups excluding carboxylic acids is 2. The van der Waals surface area contributed by atoms with Gasteiger partial charge in [-0.1, -0.05) is 24.3 Å². The summed E-state index contributed by atoms with van der Waals surface area (Å²) in [5, 5.41) is 8.94. The molecule has 0 aliphatic carbocycles. The summed E-state index contributed by atoms with van der Waals surface area (Å²) in [6, 6.07) is 9.32. The molecule has 3 rings (SSSR count). The fourth-order valence-electron chi connectivity index (χ4n) is 2.59. The minimum atomic E-state index is -1.34. The van der Waals surface area contributed by atoms with Crippen LogP contribution in [0.5, 0.6) is 0 Å². The van der Waals surface area contributed by atoms with Crippen LogP contribution in [0, 0.1) is 11.6 Å². The lowest BCUT2D eigenvalue weighted by atomic mass is 9.92. The molecule has 2 aromatic carbocycles. The molecule has 1 heterocycles. The summed E-state index contributed by atoms with van der Waals surface area (Å²) >= 11 is 0. The van der Waals surface area contributed by atoms with E-state index in [-0.39, 0.29) is 16.7 Å². The van der Waals surface area contributed by atoms with E-state index < -0.39 is 36.0 Å². The molecule has 0 unspecified atom stereocenters. The van der Waals surface area contributed by atoms with Crippen molar-refractivity contribution in [3.05, 3.63) is 70.8 Å². The van der Waals surface area contributed by atoms with Crippen molar-refractivity contribution < 1.29 is 28.3 Å². The van der Waals surface area contributed by atoms with Gasteiger partial charge in [0.15, 0.2) is 11.6 Å². The number of carboxylic acid groups (broad SMARTS) is 1. The molecular weight excluding hydrogens is 332 g/mol. The lowest BCUT2D eigenvalue weighted by Gasteiger charge is -2.27. The Labute approximate surface area is 140 Å². The van der Waals surface area contributed by atoms with Crippen LogP contribution in [-0.4, -0.2) is 34.3 Å². The van der Waals surface area contributed by atoms with E-state index in [0.717, 1.165) is 12.1 Å². The molecular formula is C18H11F2NO4. The number of carbonyl (C=O) groups is 3. The third kappa shape index (κ3) is 3.03. The maximum Gasteiger partial charge on any atom is 0.323 e. The van der Waals surface area contributed by atoms with E-state index in [1.54, 1.807) is 12.1 Å². The largest absolute Gasteiger partial charge is 0.480 e. The van der Waals surface area contributed by atoms with Gasteiger partial charge in [-0.25, -0.2) is 8.78 Å². The van der Waals surface area contributed by atoms with Gasteiger partial charge in [-0.05, 0) is 35.4 Å². The van der Waals surface area contributed by atoms with E-state index >= 15 is 0 Å². The molecule has 0 fully saturated rings. The Kier molecular flexibility index (Phi) is 4.14. The van der Waals surface area contributed by atoms with Crippen molar-refractivity contribution in [2.45, 2.75) is 0 Å². The summed E-state index contributed by atoms with van der Waals surface area (Å²) in [4.78, 5) is 36.5. The Morgan fingerprint density at radius 2 is 1.68 bits per heavy atom. The van der Waals surface area contributed by atoms with Crippen molar-refractivity contribution >= 4 is 29.4 Å². The molecule has 0 bridgehead atoms. The molecule has 7 heteroatoms. The monoisotopic (exact) mass is 343 g/mol. The van der Waals surface area contributed by atoms with Crippen LogP contribution in [0.15, 0.2) is 42.5 Å². The smallest absolute Gasteiger partial charge is 0.323 e. The highest BCUT2D eigenvalue weighted by atomic mass is 19.2. The highest BCUT2D eigenvalue weighted by Gasteiger charge is 2.35. The van der Waals surface area contributed by atoms with Crippen LogP contribution < -0.4 is 0 Å². The van der Waals surface area contributed by atoms with E-state index in [2.05, 4.69) is 0 Å². The fraction of sp³-hybridized carbons (Fsp3) is 0.0556. The quantitative estimate of drug-likeness (QED) is 0.687. The van der Waals surface area contributed by atoms with Gasteiger partial charge in [0.05, 0.1) is 0 Å². The van der Waals surface area contributed by atoms with Crippen LogP contribution in [0.25, 0.3) is 11.6 Å². The SMILES string of the molecule is O=C(O)CN1C(=O)C(=Cc2ccc(F)c(F)c2)c2ccccc2C1=O. The maximum atomic E-state index is 13.4. The van der Waals surface area contributed by atoms with Crippen LogP contribution in [0.2, 0.25) is 0 Å². The van der Waals surface area contributed by atoms with Gasteiger partial charge in [0, 0.05) is 11.1 Å². The van der Waals surface area contributed by atoms with Crippen LogP contribution in [0.3, 0.4) is 0 Å². The lowest BCUT2D eigenvalue weighted by molar-refractivity contribution is -0.141. The van der Waals surface area contributed by atoms with Crippen molar-refractivity contribution in [2.75, 3.05) is 6.54 Å². The second-order valence-electron chi connectivity index (χ2n) is 5.37. The second-order valence-corrected chi connectivity index (χ2v) is 5.37. The molecule has 0 saturated carbocycles. The Hall–Kier alpha value is -3.35. The van der Waals surface area contributed by atoms with Crippen molar-refractivity contribution in [3.63, 3.8) is 0 Å². The Bertz CT molecular complexity index is 936. The number of halogens is 2. The van der Waals surface area contributed by atoms with Gasteiger partial charge < -0.3 is 5.11 Å². The van der Waals surface area contributed by atoms with Gasteiger partial charge in [0.25, 0.3) is 11.8 Å². The number of aliphatic carboxylic acids is 1. The Morgan fingerprint density at radius 1 is 1.00 bits per heavy atom. The zero-order valence-electron chi connectivity index (χ0n) is 12.7. The van der Waals surface area contributed by atoms with Crippen LogP contribution in [0.4, 0.5) is 8.78 Å². The zero-order chi connectivity index (χ0) is 18.1. The number of nitrogens with zero attached hydrogens (tertiary/aromatic N) is 1. The highest BCUT2D eigenvalue weighted by Crippen LogP contribution is 2.30. The number of fused-ring (bicyclic) bond motifs is 1. The number of hydrogen-bond acceptors (Lipinski definition) is 3. The van der Waals surface area contributed by atoms with E-state index in [0.29, 0.717) is 10.5 Å². The topological polar surface area (TPSA) is 74.7 Å². The van der Waals surface area contributed by atoms with Crippen molar-refractivity contribution in [2.24, 2.45) is 0 Å². The van der Waals surface area contributed by atoms with Gasteiger partial charge >= 0.3 is 5.97 Å². The first-order valence-corrected chi connectivity index (χ1v) is 7.22. The number of imide groups is 1. The predicted molar refractivity (Wildman–Crippen MR) is 84.4 cm³/mol. The Morgan fingerprint density at radius 3 is 2.32 bits per heavy atom. The number of rotatable bonds is 3. The first kappa shape index (κ1) is 16.5. The highest BCUT2D eigenvalue weighted by molar-refractivity contribution is 6.34. The van der Waals surface area contributed by atoms with E-state index in [4.69, 9.17) is 5.11 Å². The summed E-state index contributed by atoms with van der Waals surface area (Å²) < 4.78 is 26.5. The van der Waals surface area contributed by atoms with Crippen LogP contribution in [-0.2, 0) is 9.59 Å². The molecule has 126 valence electrons. The van der Waals surface area contributed by atoms with E-state index in [1.807, 2.05) is 0 Å². The number of benzene rings is 2. The van der Waals surface area contributed by atoms with Crippen molar-refractivity contribution in [3.8, 4) is 0 Å². The van der Waals surface area contributed by atoms with Crippen LogP contribution in [0.1, 0.15) is 21.5 Å². The molecule has 25 heavy (non-hydrogen) atoms. The molecule has 0 radical (unpaired) electrons. The molecule has 0 atom stereocenters. The summed E-state index contributed by atoms with van der Waals surface area (Å²) in [5.41, 5.74) is 0.713. The molecule has 1 aliphatic heterocycles. The molecule has 1 N–H and O–H groups in total. The normalized spacial score (nSPS) is 15.4. The van der Waals surface area contributed by atoms with Crippen molar-refractivity contribution in [1.82, 2.24) is 4.90 Å². The van der Waals surface area contributed by atoms with Crippen molar-refractivity contribution in [1.29, 1.82) is 0 Å². The molecule has 2 amide bonds. The Balaban J connectivity index is 2.16.